The molecule has 0 bridgehead atoms. The zero-order valence-corrected chi connectivity index (χ0v) is 18.1. The Hall–Kier alpha value is -3.39. The van der Waals surface area contributed by atoms with E-state index in [0.29, 0.717) is 27.5 Å². The van der Waals surface area contributed by atoms with Gasteiger partial charge < -0.3 is 19.7 Å². The van der Waals surface area contributed by atoms with Crippen LogP contribution < -0.4 is 4.74 Å². The molecule has 32 heavy (non-hydrogen) atoms. The van der Waals surface area contributed by atoms with Gasteiger partial charge in [-0.15, -0.1) is 15.0 Å². The zero-order chi connectivity index (χ0) is 22.7. The summed E-state index contributed by atoms with van der Waals surface area (Å²) in [5, 5.41) is 29.8. The van der Waals surface area contributed by atoms with Gasteiger partial charge in [0.05, 0.1) is 6.61 Å². The normalized spacial score (nSPS) is 13.1. The quantitative estimate of drug-likeness (QED) is 0.376. The fraction of sp³-hybridized carbons (Fsp3) is 0.167. The monoisotopic (exact) mass is 451 g/mol. The predicted molar refractivity (Wildman–Crippen MR) is 123 cm³/mol. The molecule has 0 saturated carbocycles. The van der Waals surface area contributed by atoms with Gasteiger partial charge in [0, 0.05) is 11.1 Å². The second-order valence-electron chi connectivity index (χ2n) is 7.26. The Morgan fingerprint density at radius 3 is 2.50 bits per heavy atom. The first kappa shape index (κ1) is 21.8. The number of aromatic hydroxyl groups is 1. The zero-order valence-electron chi connectivity index (χ0n) is 17.4. The number of aromatic nitrogens is 3. The number of benzene rings is 3. The summed E-state index contributed by atoms with van der Waals surface area (Å²) in [7, 11) is 0. The van der Waals surface area contributed by atoms with Gasteiger partial charge in [-0.1, -0.05) is 48.5 Å². The van der Waals surface area contributed by atoms with E-state index in [2.05, 4.69) is 16.8 Å². The van der Waals surface area contributed by atoms with Gasteiger partial charge in [0.1, 0.15) is 34.3 Å². The van der Waals surface area contributed by atoms with Crippen LogP contribution >= 0.6 is 11.6 Å². The molecule has 2 N–H and O–H groups in total. The number of ether oxygens (including phenoxy) is 2. The van der Waals surface area contributed by atoms with Gasteiger partial charge in [0.2, 0.25) is 6.29 Å². The summed E-state index contributed by atoms with van der Waals surface area (Å²) in [6.45, 7) is 5.56. The summed E-state index contributed by atoms with van der Waals surface area (Å²) >= 11 is 6.00. The van der Waals surface area contributed by atoms with Gasteiger partial charge in [0.25, 0.3) is 0 Å². The van der Waals surface area contributed by atoms with Crippen molar-refractivity contribution in [1.29, 1.82) is 0 Å². The van der Waals surface area contributed by atoms with Crippen molar-refractivity contribution in [3.63, 3.8) is 0 Å². The SMILES string of the molecule is C=Cc1ccc(COC(Oc2ccc(-n3nc4ccc(Cl)cc4n3)c(O)c2)C(C)O)cc1. The van der Waals surface area contributed by atoms with Crippen LogP contribution in [0.2, 0.25) is 5.02 Å². The summed E-state index contributed by atoms with van der Waals surface area (Å²) in [5.41, 5.74) is 3.58. The van der Waals surface area contributed by atoms with Gasteiger partial charge in [-0.3, -0.25) is 0 Å². The van der Waals surface area contributed by atoms with Crippen molar-refractivity contribution in [1.82, 2.24) is 15.0 Å². The average Bonchev–Trinajstić information content (AvgIpc) is 3.19. The molecule has 2 atom stereocenters. The van der Waals surface area contributed by atoms with E-state index < -0.39 is 12.4 Å². The van der Waals surface area contributed by atoms with Crippen molar-refractivity contribution < 1.29 is 19.7 Å². The van der Waals surface area contributed by atoms with E-state index in [-0.39, 0.29) is 12.4 Å². The molecule has 0 saturated heterocycles. The smallest absolute Gasteiger partial charge is 0.226 e. The van der Waals surface area contributed by atoms with Crippen molar-refractivity contribution in [3.8, 4) is 17.2 Å². The fourth-order valence-corrected chi connectivity index (χ4v) is 3.24. The Kier molecular flexibility index (Phi) is 6.41. The van der Waals surface area contributed by atoms with Crippen LogP contribution in [-0.4, -0.2) is 37.6 Å². The van der Waals surface area contributed by atoms with Crippen molar-refractivity contribution in [2.24, 2.45) is 0 Å². The number of nitrogens with zero attached hydrogens (tertiary/aromatic N) is 3. The van der Waals surface area contributed by atoms with E-state index >= 15 is 0 Å². The number of halogens is 1. The Bertz CT molecular complexity index is 1240. The molecule has 0 aliphatic rings. The molecule has 164 valence electrons. The second-order valence-corrected chi connectivity index (χ2v) is 7.69. The highest BCUT2D eigenvalue weighted by atomic mass is 35.5. The molecule has 0 aliphatic heterocycles. The number of hydrogen-bond acceptors (Lipinski definition) is 6. The minimum Gasteiger partial charge on any atom is -0.505 e. The lowest BCUT2D eigenvalue weighted by Crippen LogP contribution is -2.32. The number of phenols is 1. The molecule has 7 nitrogen and oxygen atoms in total. The first-order chi connectivity index (χ1) is 15.4. The topological polar surface area (TPSA) is 89.6 Å². The molecule has 1 heterocycles. The minimum absolute atomic E-state index is 0.0849. The van der Waals surface area contributed by atoms with E-state index in [1.807, 2.05) is 24.3 Å². The van der Waals surface area contributed by atoms with Crippen molar-refractivity contribution >= 4 is 28.7 Å². The number of aliphatic hydroxyl groups is 1. The molecule has 0 radical (unpaired) electrons. The third-order valence-corrected chi connectivity index (χ3v) is 5.02. The molecular weight excluding hydrogens is 430 g/mol. The molecule has 1 aromatic heterocycles. The van der Waals surface area contributed by atoms with Crippen LogP contribution in [0.4, 0.5) is 0 Å². The molecule has 0 spiro atoms. The highest BCUT2D eigenvalue weighted by Gasteiger charge is 2.19. The van der Waals surface area contributed by atoms with Crippen LogP contribution in [0.25, 0.3) is 22.8 Å². The molecule has 4 rings (SSSR count). The van der Waals surface area contributed by atoms with Crippen LogP contribution in [0.15, 0.2) is 67.2 Å². The third-order valence-electron chi connectivity index (χ3n) is 4.78. The lowest BCUT2D eigenvalue weighted by molar-refractivity contribution is -0.146. The maximum Gasteiger partial charge on any atom is 0.226 e. The Morgan fingerprint density at radius 2 is 1.81 bits per heavy atom. The summed E-state index contributed by atoms with van der Waals surface area (Å²) in [6.07, 6.45) is -0.0575. The molecule has 2 unspecified atom stereocenters. The van der Waals surface area contributed by atoms with E-state index in [1.165, 1.54) is 10.9 Å². The van der Waals surface area contributed by atoms with Crippen LogP contribution in [0.3, 0.4) is 0 Å². The van der Waals surface area contributed by atoms with E-state index in [0.717, 1.165) is 11.1 Å². The van der Waals surface area contributed by atoms with Crippen LogP contribution in [0, 0.1) is 0 Å². The van der Waals surface area contributed by atoms with E-state index in [1.54, 1.807) is 43.3 Å². The number of phenolic OH excluding ortho intramolecular Hbond substituents is 1. The van der Waals surface area contributed by atoms with Gasteiger partial charge >= 0.3 is 0 Å². The first-order valence-corrected chi connectivity index (χ1v) is 10.3. The predicted octanol–water partition coefficient (Wildman–Crippen LogP) is 4.73. The van der Waals surface area contributed by atoms with Crippen LogP contribution in [0.1, 0.15) is 18.1 Å². The van der Waals surface area contributed by atoms with Crippen molar-refractivity contribution in [2.45, 2.75) is 25.9 Å². The standard InChI is InChI=1S/C24H22ClN3O4/c1-3-16-4-6-17(7-5-16)14-31-24(15(2)29)32-19-9-11-22(23(30)13-19)28-26-20-10-8-18(25)12-21(20)27-28/h3-13,15,24,29-30H,1,14H2,2H3. The fourth-order valence-electron chi connectivity index (χ4n) is 3.08. The van der Waals surface area contributed by atoms with Gasteiger partial charge in [-0.2, -0.15) is 0 Å². The highest BCUT2D eigenvalue weighted by Crippen LogP contribution is 2.28. The largest absolute Gasteiger partial charge is 0.505 e. The number of aliphatic hydroxyl groups excluding tert-OH is 1. The van der Waals surface area contributed by atoms with Gasteiger partial charge in [0.15, 0.2) is 0 Å². The summed E-state index contributed by atoms with van der Waals surface area (Å²) in [4.78, 5) is 1.33. The van der Waals surface area contributed by atoms with Crippen LogP contribution in [0.5, 0.6) is 11.5 Å². The molecule has 0 fully saturated rings. The molecule has 3 aromatic carbocycles. The van der Waals surface area contributed by atoms with Gasteiger partial charge in [-0.25, -0.2) is 0 Å². The summed E-state index contributed by atoms with van der Waals surface area (Å²) in [6, 6.07) is 17.6. The van der Waals surface area contributed by atoms with Crippen molar-refractivity contribution in [3.05, 3.63) is 83.4 Å². The number of fused-ring (bicyclic) bond motifs is 1. The molecule has 0 amide bonds. The minimum atomic E-state index is -0.924. The summed E-state index contributed by atoms with van der Waals surface area (Å²) in [5.74, 6) is 0.247. The second kappa shape index (κ2) is 9.40. The van der Waals surface area contributed by atoms with Crippen molar-refractivity contribution in [2.75, 3.05) is 0 Å². The molecular formula is C24H22ClN3O4. The third kappa shape index (κ3) is 4.91. The Morgan fingerprint density at radius 1 is 1.06 bits per heavy atom. The highest BCUT2D eigenvalue weighted by molar-refractivity contribution is 6.31. The Balaban J connectivity index is 1.48. The van der Waals surface area contributed by atoms with Crippen LogP contribution in [-0.2, 0) is 11.3 Å². The molecule has 8 heteroatoms. The Labute approximate surface area is 190 Å². The lowest BCUT2D eigenvalue weighted by Gasteiger charge is -2.22. The number of rotatable bonds is 8. The van der Waals surface area contributed by atoms with Gasteiger partial charge in [-0.05, 0) is 48.4 Å². The summed E-state index contributed by atoms with van der Waals surface area (Å²) < 4.78 is 11.5. The molecule has 4 aromatic rings. The lowest BCUT2D eigenvalue weighted by atomic mass is 10.1. The molecule has 0 aliphatic carbocycles. The maximum absolute atomic E-state index is 10.5. The van der Waals surface area contributed by atoms with E-state index in [4.69, 9.17) is 21.1 Å². The van der Waals surface area contributed by atoms with E-state index in [9.17, 15) is 10.2 Å². The maximum atomic E-state index is 10.5. The number of hydrogen-bond donors (Lipinski definition) is 2. The average molecular weight is 452 g/mol. The first-order valence-electron chi connectivity index (χ1n) is 9.96.